The average Bonchev–Trinajstić information content (AvgIpc) is 2.57. The van der Waals surface area contributed by atoms with Gasteiger partial charge >= 0.3 is 5.97 Å². The molecule has 0 heterocycles. The van der Waals surface area contributed by atoms with E-state index in [1.807, 2.05) is 0 Å². The lowest BCUT2D eigenvalue weighted by molar-refractivity contribution is -0.137. The second-order valence-corrected chi connectivity index (χ2v) is 6.65. The van der Waals surface area contributed by atoms with Crippen molar-refractivity contribution < 1.29 is 24.9 Å². The van der Waals surface area contributed by atoms with Crippen LogP contribution in [0.4, 0.5) is 0 Å². The summed E-state index contributed by atoms with van der Waals surface area (Å²) in [6.07, 6.45) is 15.1. The highest BCUT2D eigenvalue weighted by Gasteiger charge is 2.00. The molecular weight excluding hydrogens is 308 g/mol. The van der Waals surface area contributed by atoms with Crippen molar-refractivity contribution in [3.63, 3.8) is 0 Å². The maximum Gasteiger partial charge on any atom is 0.303 e. The van der Waals surface area contributed by atoms with E-state index < -0.39 is 12.1 Å². The lowest BCUT2D eigenvalue weighted by Gasteiger charge is -2.08. The number of carbonyl (C=O) groups is 1. The molecule has 0 saturated heterocycles. The molecule has 5 heteroatoms. The number of aliphatic hydroxyl groups is 2. The number of aliphatic carboxylic acids is 1. The zero-order chi connectivity index (χ0) is 17.9. The van der Waals surface area contributed by atoms with Crippen LogP contribution in [0.15, 0.2) is 0 Å². The van der Waals surface area contributed by atoms with Gasteiger partial charge in [0.05, 0.1) is 13.2 Å². The number of hydrogen-bond acceptors (Lipinski definition) is 4. The maximum absolute atomic E-state index is 10.4. The summed E-state index contributed by atoms with van der Waals surface area (Å²) in [5.41, 5.74) is 0. The molecule has 144 valence electrons. The van der Waals surface area contributed by atoms with Gasteiger partial charge in [-0.25, -0.2) is 0 Å². The Morgan fingerprint density at radius 3 is 1.58 bits per heavy atom. The standard InChI is InChI=1S/C19H38O5/c20-16-18(21)17-24-15-13-11-9-7-5-3-1-2-4-6-8-10-12-14-19(22)23/h18,20-21H,1-17H2,(H,22,23). The molecule has 0 fully saturated rings. The number of carboxylic acid groups (broad SMARTS) is 1. The third-order valence-electron chi connectivity index (χ3n) is 4.20. The van der Waals surface area contributed by atoms with Crippen LogP contribution in [0.3, 0.4) is 0 Å². The van der Waals surface area contributed by atoms with Crippen LogP contribution in [0, 0.1) is 0 Å². The molecule has 1 unspecified atom stereocenters. The number of ether oxygens (including phenoxy) is 1. The topological polar surface area (TPSA) is 87.0 Å². The Hall–Kier alpha value is -0.650. The minimum absolute atomic E-state index is 0.231. The Bertz CT molecular complexity index is 270. The van der Waals surface area contributed by atoms with Crippen LogP contribution in [0.1, 0.15) is 89.9 Å². The lowest BCUT2D eigenvalue weighted by Crippen LogP contribution is -2.19. The van der Waals surface area contributed by atoms with E-state index in [2.05, 4.69) is 0 Å². The van der Waals surface area contributed by atoms with Gasteiger partial charge in [-0.3, -0.25) is 4.79 Å². The van der Waals surface area contributed by atoms with Crippen molar-refractivity contribution in [3.05, 3.63) is 0 Å². The summed E-state index contributed by atoms with van der Waals surface area (Å²) in [5.74, 6) is -0.678. The molecule has 0 rings (SSSR count). The Morgan fingerprint density at radius 2 is 1.17 bits per heavy atom. The fourth-order valence-corrected chi connectivity index (χ4v) is 2.70. The zero-order valence-corrected chi connectivity index (χ0v) is 15.3. The van der Waals surface area contributed by atoms with Gasteiger partial charge in [0.15, 0.2) is 0 Å². The van der Waals surface area contributed by atoms with E-state index in [0.717, 1.165) is 19.3 Å². The molecular formula is C19H38O5. The number of hydrogen-bond donors (Lipinski definition) is 3. The molecule has 0 aliphatic carbocycles. The van der Waals surface area contributed by atoms with Gasteiger partial charge in [0.1, 0.15) is 6.10 Å². The van der Waals surface area contributed by atoms with E-state index in [4.69, 9.17) is 20.1 Å². The molecule has 24 heavy (non-hydrogen) atoms. The smallest absolute Gasteiger partial charge is 0.303 e. The molecule has 1 atom stereocenters. The van der Waals surface area contributed by atoms with Gasteiger partial charge in [0.2, 0.25) is 0 Å². The van der Waals surface area contributed by atoms with Crippen LogP contribution in [0.25, 0.3) is 0 Å². The molecule has 0 bridgehead atoms. The van der Waals surface area contributed by atoms with Crippen LogP contribution < -0.4 is 0 Å². The lowest BCUT2D eigenvalue weighted by atomic mass is 10.0. The van der Waals surface area contributed by atoms with E-state index in [9.17, 15) is 4.79 Å². The van der Waals surface area contributed by atoms with E-state index in [1.54, 1.807) is 0 Å². The van der Waals surface area contributed by atoms with Crippen LogP contribution in [-0.4, -0.2) is 47.2 Å². The first kappa shape index (κ1) is 23.4. The SMILES string of the molecule is O=C(O)CCCCCCCCCCCCCCCOCC(O)CO. The van der Waals surface area contributed by atoms with E-state index in [1.165, 1.54) is 64.2 Å². The summed E-state index contributed by atoms with van der Waals surface area (Å²) >= 11 is 0. The van der Waals surface area contributed by atoms with Gasteiger partial charge in [-0.15, -0.1) is 0 Å². The van der Waals surface area contributed by atoms with E-state index >= 15 is 0 Å². The van der Waals surface area contributed by atoms with Gasteiger partial charge < -0.3 is 20.1 Å². The molecule has 0 radical (unpaired) electrons. The molecule has 0 amide bonds. The summed E-state index contributed by atoms with van der Waals surface area (Å²) in [6.45, 7) is 0.671. The van der Waals surface area contributed by atoms with Gasteiger partial charge in [0, 0.05) is 13.0 Å². The van der Waals surface area contributed by atoms with Gasteiger partial charge in [-0.2, -0.15) is 0 Å². The van der Waals surface area contributed by atoms with E-state index in [0.29, 0.717) is 13.0 Å². The molecule has 0 aromatic carbocycles. The molecule has 3 N–H and O–H groups in total. The molecule has 5 nitrogen and oxygen atoms in total. The van der Waals surface area contributed by atoms with Gasteiger partial charge in [-0.05, 0) is 12.8 Å². The highest BCUT2D eigenvalue weighted by molar-refractivity contribution is 5.66. The second-order valence-electron chi connectivity index (χ2n) is 6.65. The van der Waals surface area contributed by atoms with Crippen molar-refractivity contribution in [2.24, 2.45) is 0 Å². The van der Waals surface area contributed by atoms with Crippen LogP contribution in [0.2, 0.25) is 0 Å². The summed E-state index contributed by atoms with van der Waals surface area (Å²) in [6, 6.07) is 0. The molecule has 0 aromatic rings. The molecule has 0 aromatic heterocycles. The van der Waals surface area contributed by atoms with Crippen molar-refractivity contribution in [1.29, 1.82) is 0 Å². The minimum atomic E-state index is -0.741. The largest absolute Gasteiger partial charge is 0.481 e. The Balaban J connectivity index is 3.01. The van der Waals surface area contributed by atoms with Crippen molar-refractivity contribution in [2.45, 2.75) is 96.0 Å². The van der Waals surface area contributed by atoms with Crippen molar-refractivity contribution in [3.8, 4) is 0 Å². The first-order chi connectivity index (χ1) is 11.7. The Kier molecular flexibility index (Phi) is 18.2. The summed E-state index contributed by atoms with van der Waals surface area (Å²) in [4.78, 5) is 10.4. The number of unbranched alkanes of at least 4 members (excludes halogenated alkanes) is 12. The van der Waals surface area contributed by atoms with Crippen LogP contribution in [0.5, 0.6) is 0 Å². The Morgan fingerprint density at radius 1 is 0.750 bits per heavy atom. The van der Waals surface area contributed by atoms with Gasteiger partial charge in [-0.1, -0.05) is 70.6 Å². The fraction of sp³-hybridized carbons (Fsp3) is 0.947. The molecule has 0 aliphatic heterocycles. The minimum Gasteiger partial charge on any atom is -0.481 e. The summed E-state index contributed by atoms with van der Waals surface area (Å²) < 4.78 is 5.27. The molecule has 0 aliphatic rings. The molecule has 0 saturated carbocycles. The number of carboxylic acids is 1. The highest BCUT2D eigenvalue weighted by Crippen LogP contribution is 2.13. The molecule has 0 spiro atoms. The van der Waals surface area contributed by atoms with Crippen molar-refractivity contribution in [1.82, 2.24) is 0 Å². The monoisotopic (exact) mass is 346 g/mol. The average molecular weight is 347 g/mol. The number of rotatable bonds is 19. The highest BCUT2D eigenvalue weighted by atomic mass is 16.5. The zero-order valence-electron chi connectivity index (χ0n) is 15.3. The first-order valence-electron chi connectivity index (χ1n) is 9.75. The quantitative estimate of drug-likeness (QED) is 0.309. The number of aliphatic hydroxyl groups excluding tert-OH is 2. The van der Waals surface area contributed by atoms with Crippen LogP contribution >= 0.6 is 0 Å². The van der Waals surface area contributed by atoms with Crippen molar-refractivity contribution >= 4 is 5.97 Å². The maximum atomic E-state index is 10.4. The Labute approximate surface area is 147 Å². The first-order valence-corrected chi connectivity index (χ1v) is 9.75. The normalized spacial score (nSPS) is 12.4. The van der Waals surface area contributed by atoms with Crippen LogP contribution in [-0.2, 0) is 9.53 Å². The summed E-state index contributed by atoms with van der Waals surface area (Å²) in [5, 5.41) is 26.3. The predicted octanol–water partition coefficient (Wildman–Crippen LogP) is 3.90. The summed E-state index contributed by atoms with van der Waals surface area (Å²) in [7, 11) is 0. The van der Waals surface area contributed by atoms with Gasteiger partial charge in [0.25, 0.3) is 0 Å². The third-order valence-corrected chi connectivity index (χ3v) is 4.20. The van der Waals surface area contributed by atoms with E-state index in [-0.39, 0.29) is 13.2 Å². The third kappa shape index (κ3) is 19.4. The predicted molar refractivity (Wildman–Crippen MR) is 96.2 cm³/mol. The van der Waals surface area contributed by atoms with Crippen molar-refractivity contribution in [2.75, 3.05) is 19.8 Å². The second kappa shape index (κ2) is 18.7. The fourth-order valence-electron chi connectivity index (χ4n) is 2.70.